The van der Waals surface area contributed by atoms with Crippen LogP contribution in [0, 0.1) is 13.8 Å². The summed E-state index contributed by atoms with van der Waals surface area (Å²) in [6.07, 6.45) is 3.11. The van der Waals surface area contributed by atoms with Gasteiger partial charge in [0.2, 0.25) is 11.9 Å². The average molecular weight is 367 g/mol. The summed E-state index contributed by atoms with van der Waals surface area (Å²) in [5.41, 5.74) is 4.04. The number of aryl methyl sites for hydroxylation is 2. The molecule has 142 valence electrons. The Labute approximate surface area is 158 Å². The molecule has 0 saturated carbocycles. The number of fused-ring (bicyclic) bond motifs is 1. The van der Waals surface area contributed by atoms with Crippen molar-refractivity contribution < 1.29 is 9.53 Å². The third kappa shape index (κ3) is 4.97. The van der Waals surface area contributed by atoms with E-state index in [-0.39, 0.29) is 5.91 Å². The third-order valence-corrected chi connectivity index (χ3v) is 4.31. The van der Waals surface area contributed by atoms with Crippen LogP contribution in [-0.4, -0.2) is 41.1 Å². The summed E-state index contributed by atoms with van der Waals surface area (Å²) in [7, 11) is 1.66. The van der Waals surface area contributed by atoms with Crippen molar-refractivity contribution in [3.8, 4) is 5.75 Å². The van der Waals surface area contributed by atoms with Crippen molar-refractivity contribution in [1.82, 2.24) is 20.3 Å². The number of rotatable bonds is 8. The van der Waals surface area contributed by atoms with Gasteiger partial charge in [-0.2, -0.15) is 0 Å². The second-order valence-electron chi connectivity index (χ2n) is 6.48. The lowest BCUT2D eigenvalue weighted by molar-refractivity contribution is -0.120. The number of benzene rings is 1. The van der Waals surface area contributed by atoms with Crippen LogP contribution < -0.4 is 15.4 Å². The largest absolute Gasteiger partial charge is 0.497 e. The molecular weight excluding hydrogens is 342 g/mol. The number of nitrogens with zero attached hydrogens (tertiary/aromatic N) is 2. The van der Waals surface area contributed by atoms with Crippen LogP contribution >= 0.6 is 0 Å². The second-order valence-corrected chi connectivity index (χ2v) is 6.48. The summed E-state index contributed by atoms with van der Waals surface area (Å²) < 4.78 is 5.28. The van der Waals surface area contributed by atoms with Crippen LogP contribution in [0.4, 0.5) is 5.95 Å². The van der Waals surface area contributed by atoms with E-state index in [0.29, 0.717) is 25.5 Å². The molecule has 0 spiro atoms. The first kappa shape index (κ1) is 18.7. The van der Waals surface area contributed by atoms with Crippen molar-refractivity contribution in [3.63, 3.8) is 0 Å². The second kappa shape index (κ2) is 8.53. The summed E-state index contributed by atoms with van der Waals surface area (Å²) in [4.78, 5) is 23.9. The highest BCUT2D eigenvalue weighted by atomic mass is 16.5. The number of aromatic amines is 1. The minimum absolute atomic E-state index is 0.00398. The van der Waals surface area contributed by atoms with Crippen molar-refractivity contribution in [3.05, 3.63) is 47.4 Å². The molecule has 0 aliphatic rings. The van der Waals surface area contributed by atoms with Gasteiger partial charge >= 0.3 is 0 Å². The Hall–Kier alpha value is -3.09. The number of H-pyrrole nitrogens is 1. The zero-order valence-electron chi connectivity index (χ0n) is 15.9. The topological polar surface area (TPSA) is 91.9 Å². The van der Waals surface area contributed by atoms with Crippen LogP contribution in [0.3, 0.4) is 0 Å². The first-order valence-electron chi connectivity index (χ1n) is 9.02. The van der Waals surface area contributed by atoms with Gasteiger partial charge < -0.3 is 20.4 Å². The molecule has 3 N–H and O–H groups in total. The van der Waals surface area contributed by atoms with E-state index in [1.807, 2.05) is 44.3 Å². The molecule has 3 aromatic rings. The van der Waals surface area contributed by atoms with Gasteiger partial charge in [0.05, 0.1) is 7.11 Å². The Kier molecular flexibility index (Phi) is 5.90. The lowest BCUT2D eigenvalue weighted by Gasteiger charge is -2.07. The van der Waals surface area contributed by atoms with Crippen LogP contribution in [0.2, 0.25) is 0 Å². The highest BCUT2D eigenvalue weighted by Gasteiger charge is 2.07. The van der Waals surface area contributed by atoms with Crippen molar-refractivity contribution in [2.75, 3.05) is 25.5 Å². The van der Waals surface area contributed by atoms with Gasteiger partial charge in [0.25, 0.3) is 0 Å². The van der Waals surface area contributed by atoms with Gasteiger partial charge in [0, 0.05) is 48.0 Å². The zero-order valence-corrected chi connectivity index (χ0v) is 15.9. The van der Waals surface area contributed by atoms with Crippen molar-refractivity contribution in [2.45, 2.75) is 26.7 Å². The van der Waals surface area contributed by atoms with Crippen LogP contribution in [0.5, 0.6) is 5.75 Å². The van der Waals surface area contributed by atoms with E-state index in [1.54, 1.807) is 7.11 Å². The Morgan fingerprint density at radius 3 is 2.67 bits per heavy atom. The molecule has 7 nitrogen and oxygen atoms in total. The molecule has 0 aliphatic heterocycles. The zero-order chi connectivity index (χ0) is 19.2. The lowest BCUT2D eigenvalue weighted by Crippen LogP contribution is -2.27. The van der Waals surface area contributed by atoms with Crippen LogP contribution in [0.1, 0.15) is 23.4 Å². The summed E-state index contributed by atoms with van der Waals surface area (Å²) in [6.45, 7) is 4.93. The number of nitrogens with one attached hydrogen (secondary N) is 3. The van der Waals surface area contributed by atoms with Crippen molar-refractivity contribution in [2.24, 2.45) is 0 Å². The fourth-order valence-corrected chi connectivity index (χ4v) is 3.01. The number of methoxy groups -OCH3 is 1. The molecule has 0 unspecified atom stereocenters. The van der Waals surface area contributed by atoms with E-state index in [9.17, 15) is 4.79 Å². The summed E-state index contributed by atoms with van der Waals surface area (Å²) >= 11 is 0. The summed E-state index contributed by atoms with van der Waals surface area (Å²) in [5, 5.41) is 7.18. The van der Waals surface area contributed by atoms with Gasteiger partial charge in [-0.3, -0.25) is 4.79 Å². The molecule has 0 bridgehead atoms. The Morgan fingerprint density at radius 2 is 1.93 bits per heavy atom. The van der Waals surface area contributed by atoms with Gasteiger partial charge in [-0.05, 0) is 50.1 Å². The fraction of sp³-hybridized carbons (Fsp3) is 0.350. The number of carbonyl (C=O) groups is 1. The van der Waals surface area contributed by atoms with Gasteiger partial charge in [-0.1, -0.05) is 0 Å². The minimum atomic E-state index is 0.00398. The summed E-state index contributed by atoms with van der Waals surface area (Å²) in [6, 6.07) is 7.85. The predicted octanol–water partition coefficient (Wildman–Crippen LogP) is 2.74. The minimum Gasteiger partial charge on any atom is -0.497 e. The number of anilines is 1. The maximum Gasteiger partial charge on any atom is 0.223 e. The third-order valence-electron chi connectivity index (χ3n) is 4.31. The van der Waals surface area contributed by atoms with E-state index in [1.165, 1.54) is 0 Å². The highest BCUT2D eigenvalue weighted by molar-refractivity contribution is 5.84. The number of amides is 1. The molecule has 27 heavy (non-hydrogen) atoms. The Bertz CT molecular complexity index is 915. The molecular formula is C20H25N5O2. The highest BCUT2D eigenvalue weighted by Crippen LogP contribution is 2.23. The smallest absolute Gasteiger partial charge is 0.223 e. The average Bonchev–Trinajstić information content (AvgIpc) is 3.03. The number of hydrogen-bond acceptors (Lipinski definition) is 5. The molecule has 1 aromatic carbocycles. The number of ether oxygens (including phenoxy) is 1. The Balaban J connectivity index is 1.44. The maximum absolute atomic E-state index is 12.0. The van der Waals surface area contributed by atoms with Crippen molar-refractivity contribution >= 4 is 22.8 Å². The van der Waals surface area contributed by atoms with E-state index < -0.39 is 0 Å². The number of hydrogen-bond donors (Lipinski definition) is 3. The number of aromatic nitrogens is 3. The molecule has 0 saturated heterocycles. The van der Waals surface area contributed by atoms with E-state index in [2.05, 4.69) is 25.6 Å². The van der Waals surface area contributed by atoms with E-state index in [4.69, 9.17) is 4.74 Å². The molecule has 2 aromatic heterocycles. The quantitative estimate of drug-likeness (QED) is 0.569. The van der Waals surface area contributed by atoms with Crippen LogP contribution in [0.25, 0.3) is 10.9 Å². The molecule has 1 amide bonds. The van der Waals surface area contributed by atoms with Gasteiger partial charge in [-0.25, -0.2) is 9.97 Å². The lowest BCUT2D eigenvalue weighted by atomic mass is 10.1. The molecule has 7 heteroatoms. The van der Waals surface area contributed by atoms with Crippen LogP contribution in [-0.2, 0) is 11.2 Å². The molecule has 0 fully saturated rings. The SMILES string of the molecule is COc1ccc2[nH]cc(CCNC(=O)CCNc3nc(C)cc(C)n3)c2c1. The fourth-order valence-electron chi connectivity index (χ4n) is 3.01. The predicted molar refractivity (Wildman–Crippen MR) is 106 cm³/mol. The van der Waals surface area contributed by atoms with Gasteiger partial charge in [-0.15, -0.1) is 0 Å². The maximum atomic E-state index is 12.0. The standard InChI is InChI=1S/C20H25N5O2/c1-13-10-14(2)25-20(24-13)22-9-7-19(26)21-8-6-15-12-23-18-5-4-16(27-3)11-17(15)18/h4-5,10-12,23H,6-9H2,1-3H3,(H,21,26)(H,22,24,25). The molecule has 3 rings (SSSR count). The van der Waals surface area contributed by atoms with Gasteiger partial charge in [0.15, 0.2) is 0 Å². The first-order chi connectivity index (χ1) is 13.0. The normalized spacial score (nSPS) is 10.8. The first-order valence-corrected chi connectivity index (χ1v) is 9.02. The van der Waals surface area contributed by atoms with Gasteiger partial charge in [0.1, 0.15) is 5.75 Å². The molecule has 0 atom stereocenters. The Morgan fingerprint density at radius 1 is 1.15 bits per heavy atom. The summed E-state index contributed by atoms with van der Waals surface area (Å²) in [5.74, 6) is 1.39. The van der Waals surface area contributed by atoms with E-state index >= 15 is 0 Å². The monoisotopic (exact) mass is 367 g/mol. The number of carbonyl (C=O) groups excluding carboxylic acids is 1. The van der Waals surface area contributed by atoms with E-state index in [0.717, 1.165) is 40.0 Å². The van der Waals surface area contributed by atoms with Crippen LogP contribution in [0.15, 0.2) is 30.5 Å². The molecule has 0 aliphatic carbocycles. The van der Waals surface area contributed by atoms with Crippen molar-refractivity contribution in [1.29, 1.82) is 0 Å². The molecule has 2 heterocycles. The molecule has 0 radical (unpaired) electrons.